The summed E-state index contributed by atoms with van der Waals surface area (Å²) in [5.74, 6) is 1.20. The van der Waals surface area contributed by atoms with E-state index in [9.17, 15) is 0 Å². The first-order valence-electron chi connectivity index (χ1n) is 7.26. The maximum absolute atomic E-state index is 4.64. The van der Waals surface area contributed by atoms with Crippen LogP contribution in [0.25, 0.3) is 0 Å². The lowest BCUT2D eigenvalue weighted by Gasteiger charge is -2.47. The molecule has 0 unspecified atom stereocenters. The van der Waals surface area contributed by atoms with E-state index < -0.39 is 0 Å². The number of aromatic nitrogens is 2. The standard InChI is InChI=1S/C14H23N4/c1-2-10-18(11-3-1,13-4-6-15-7-5-13)14-12-16-8-9-17-14/h8-9,12-13,15H,1-7,10-11H2/q+1. The van der Waals surface area contributed by atoms with Gasteiger partial charge in [-0.3, -0.25) is 9.47 Å². The van der Waals surface area contributed by atoms with Crippen molar-refractivity contribution in [3.63, 3.8) is 0 Å². The number of hydrogen-bond donors (Lipinski definition) is 1. The van der Waals surface area contributed by atoms with Crippen molar-refractivity contribution in [1.29, 1.82) is 0 Å². The molecule has 2 saturated heterocycles. The van der Waals surface area contributed by atoms with Gasteiger partial charge in [0.1, 0.15) is 6.20 Å². The monoisotopic (exact) mass is 247 g/mol. The van der Waals surface area contributed by atoms with Crippen LogP contribution in [0.1, 0.15) is 32.1 Å². The van der Waals surface area contributed by atoms with Crippen LogP contribution in [0.4, 0.5) is 5.82 Å². The van der Waals surface area contributed by atoms with Crippen LogP contribution in [0.3, 0.4) is 0 Å². The van der Waals surface area contributed by atoms with Gasteiger partial charge in [-0.05, 0) is 19.3 Å². The molecular formula is C14H23N4+. The second kappa shape index (κ2) is 5.33. The molecule has 2 fully saturated rings. The summed E-state index contributed by atoms with van der Waals surface area (Å²) in [5, 5.41) is 3.48. The van der Waals surface area contributed by atoms with Crippen molar-refractivity contribution in [3.05, 3.63) is 18.6 Å². The Hall–Kier alpha value is -1.00. The Morgan fingerprint density at radius 2 is 1.83 bits per heavy atom. The molecule has 0 aliphatic carbocycles. The molecule has 4 heteroatoms. The van der Waals surface area contributed by atoms with Crippen molar-refractivity contribution in [1.82, 2.24) is 19.8 Å². The minimum Gasteiger partial charge on any atom is -0.316 e. The Balaban J connectivity index is 1.92. The first-order chi connectivity index (χ1) is 8.92. The molecule has 3 rings (SSSR count). The first kappa shape index (κ1) is 12.1. The van der Waals surface area contributed by atoms with Gasteiger partial charge in [-0.2, -0.15) is 0 Å². The van der Waals surface area contributed by atoms with E-state index in [1.54, 1.807) is 6.20 Å². The van der Waals surface area contributed by atoms with Crippen LogP contribution in [-0.2, 0) is 0 Å². The number of likely N-dealkylation sites (tertiary alicyclic amines) is 1. The molecule has 98 valence electrons. The smallest absolute Gasteiger partial charge is 0.246 e. The summed E-state index contributed by atoms with van der Waals surface area (Å²) >= 11 is 0. The fourth-order valence-corrected chi connectivity index (χ4v) is 3.68. The van der Waals surface area contributed by atoms with Crippen LogP contribution in [0, 0.1) is 0 Å². The molecule has 1 aromatic heterocycles. The molecule has 0 aromatic carbocycles. The van der Waals surface area contributed by atoms with Gasteiger partial charge in [-0.1, -0.05) is 0 Å². The molecule has 2 aliphatic rings. The third-order valence-electron chi connectivity index (χ3n) is 4.63. The second-order valence-corrected chi connectivity index (χ2v) is 5.59. The predicted molar refractivity (Wildman–Crippen MR) is 73.3 cm³/mol. The average molecular weight is 247 g/mol. The van der Waals surface area contributed by atoms with E-state index >= 15 is 0 Å². The fourth-order valence-electron chi connectivity index (χ4n) is 3.68. The molecule has 0 amide bonds. The molecular weight excluding hydrogens is 224 g/mol. The Labute approximate surface area is 109 Å². The number of nitrogens with one attached hydrogen (secondary N) is 1. The highest BCUT2D eigenvalue weighted by Crippen LogP contribution is 2.32. The van der Waals surface area contributed by atoms with Gasteiger partial charge in [-0.15, -0.1) is 0 Å². The van der Waals surface area contributed by atoms with Gasteiger partial charge >= 0.3 is 0 Å². The molecule has 1 aromatic rings. The quantitative estimate of drug-likeness (QED) is 0.809. The van der Waals surface area contributed by atoms with E-state index in [1.807, 2.05) is 12.4 Å². The average Bonchev–Trinajstić information content (AvgIpc) is 2.50. The van der Waals surface area contributed by atoms with Crippen molar-refractivity contribution in [2.45, 2.75) is 38.1 Å². The van der Waals surface area contributed by atoms with E-state index in [2.05, 4.69) is 15.3 Å². The van der Waals surface area contributed by atoms with Gasteiger partial charge in [0, 0.05) is 32.1 Å². The summed E-state index contributed by atoms with van der Waals surface area (Å²) in [6.07, 6.45) is 12.2. The van der Waals surface area contributed by atoms with Gasteiger partial charge < -0.3 is 5.32 Å². The zero-order valence-corrected chi connectivity index (χ0v) is 11.0. The topological polar surface area (TPSA) is 37.8 Å². The first-order valence-corrected chi connectivity index (χ1v) is 7.26. The van der Waals surface area contributed by atoms with Crippen molar-refractivity contribution >= 4 is 5.82 Å². The highest BCUT2D eigenvalue weighted by Gasteiger charge is 2.42. The maximum Gasteiger partial charge on any atom is 0.246 e. The van der Waals surface area contributed by atoms with Gasteiger partial charge in [-0.25, -0.2) is 4.98 Å². The second-order valence-electron chi connectivity index (χ2n) is 5.59. The summed E-state index contributed by atoms with van der Waals surface area (Å²) in [6.45, 7) is 4.82. The third-order valence-corrected chi connectivity index (χ3v) is 4.63. The molecule has 1 N–H and O–H groups in total. The number of rotatable bonds is 2. The predicted octanol–water partition coefficient (Wildman–Crippen LogP) is 1.72. The van der Waals surface area contributed by atoms with E-state index in [0.29, 0.717) is 0 Å². The number of hydrogen-bond acceptors (Lipinski definition) is 3. The molecule has 0 bridgehead atoms. The summed E-state index contributed by atoms with van der Waals surface area (Å²) in [5.41, 5.74) is 0. The van der Waals surface area contributed by atoms with Gasteiger partial charge in [0.05, 0.1) is 25.3 Å². The fraction of sp³-hybridized carbons (Fsp3) is 0.714. The van der Waals surface area contributed by atoms with Crippen LogP contribution >= 0.6 is 0 Å². The minimum absolute atomic E-state index is 0.739. The van der Waals surface area contributed by atoms with Gasteiger partial charge in [0.25, 0.3) is 0 Å². The normalized spacial score (nSPS) is 24.9. The Morgan fingerprint density at radius 3 is 2.50 bits per heavy atom. The Kier molecular flexibility index (Phi) is 3.57. The Morgan fingerprint density at radius 1 is 1.06 bits per heavy atom. The third kappa shape index (κ3) is 2.15. The van der Waals surface area contributed by atoms with Crippen molar-refractivity contribution in [3.8, 4) is 0 Å². The van der Waals surface area contributed by atoms with E-state index in [1.165, 1.54) is 51.0 Å². The molecule has 3 heterocycles. The Bertz CT molecular complexity index is 367. The van der Waals surface area contributed by atoms with E-state index in [-0.39, 0.29) is 0 Å². The van der Waals surface area contributed by atoms with Crippen molar-refractivity contribution in [2.75, 3.05) is 26.2 Å². The SMILES string of the molecule is c1cnc([N+]2(C3CCNCC3)CCCCC2)cn1. The lowest BCUT2D eigenvalue weighted by atomic mass is 9.96. The zero-order valence-electron chi connectivity index (χ0n) is 11.0. The number of piperidine rings is 2. The van der Waals surface area contributed by atoms with E-state index in [0.717, 1.165) is 23.6 Å². The highest BCUT2D eigenvalue weighted by atomic mass is 15.4. The van der Waals surface area contributed by atoms with Crippen LogP contribution in [0.15, 0.2) is 18.6 Å². The lowest BCUT2D eigenvalue weighted by Crippen LogP contribution is -2.62. The highest BCUT2D eigenvalue weighted by molar-refractivity contribution is 5.33. The molecule has 0 atom stereocenters. The van der Waals surface area contributed by atoms with Crippen molar-refractivity contribution < 1.29 is 0 Å². The lowest BCUT2D eigenvalue weighted by molar-refractivity contribution is 0.134. The van der Waals surface area contributed by atoms with Crippen LogP contribution < -0.4 is 9.80 Å². The van der Waals surface area contributed by atoms with Crippen LogP contribution in [0.5, 0.6) is 0 Å². The molecule has 0 saturated carbocycles. The largest absolute Gasteiger partial charge is 0.316 e. The summed E-state index contributed by atoms with van der Waals surface area (Å²) in [6, 6.07) is 0.739. The maximum atomic E-state index is 4.64. The summed E-state index contributed by atoms with van der Waals surface area (Å²) in [7, 11) is 0. The van der Waals surface area contributed by atoms with E-state index in [4.69, 9.17) is 0 Å². The molecule has 0 radical (unpaired) electrons. The van der Waals surface area contributed by atoms with Crippen LogP contribution in [-0.4, -0.2) is 42.2 Å². The molecule has 0 spiro atoms. The van der Waals surface area contributed by atoms with Gasteiger partial charge in [0.2, 0.25) is 5.82 Å². The summed E-state index contributed by atoms with van der Waals surface area (Å²) < 4.78 is 1.09. The van der Waals surface area contributed by atoms with Crippen molar-refractivity contribution in [2.24, 2.45) is 0 Å². The number of quaternary nitrogens is 1. The van der Waals surface area contributed by atoms with Crippen LogP contribution in [0.2, 0.25) is 0 Å². The summed E-state index contributed by atoms with van der Waals surface area (Å²) in [4.78, 5) is 8.95. The van der Waals surface area contributed by atoms with Gasteiger partial charge in [0.15, 0.2) is 0 Å². The molecule has 4 nitrogen and oxygen atoms in total. The zero-order chi connectivity index (χ0) is 12.3. The minimum atomic E-state index is 0.739. The molecule has 2 aliphatic heterocycles. The number of nitrogens with zero attached hydrogens (tertiary/aromatic N) is 3. The molecule has 18 heavy (non-hydrogen) atoms.